The summed E-state index contributed by atoms with van der Waals surface area (Å²) in [5, 5.41) is 0. The highest BCUT2D eigenvalue weighted by Gasteiger charge is 2.52. The molecule has 1 atom stereocenters. The lowest BCUT2D eigenvalue weighted by molar-refractivity contribution is 0.160. The Hall–Kier alpha value is 0.531. The molecular formula is C15H39NO2Si3. The predicted octanol–water partition coefficient (Wildman–Crippen LogP) is 4.81. The van der Waals surface area contributed by atoms with Gasteiger partial charge in [0, 0.05) is 18.9 Å². The van der Waals surface area contributed by atoms with E-state index in [1.165, 1.54) is 0 Å². The molecule has 0 aromatic heterocycles. The Morgan fingerprint density at radius 2 is 1.14 bits per heavy atom. The molecule has 3 nitrogen and oxygen atoms in total. The highest BCUT2D eigenvalue weighted by molar-refractivity contribution is 6.91. The van der Waals surface area contributed by atoms with E-state index in [-0.39, 0.29) is 0 Å². The van der Waals surface area contributed by atoms with Crippen LogP contribution >= 0.6 is 0 Å². The van der Waals surface area contributed by atoms with Crippen molar-refractivity contribution in [1.29, 1.82) is 0 Å². The van der Waals surface area contributed by atoms with Gasteiger partial charge >= 0.3 is 8.56 Å². The van der Waals surface area contributed by atoms with Gasteiger partial charge in [-0.05, 0) is 26.3 Å². The van der Waals surface area contributed by atoms with Gasteiger partial charge in [-0.2, -0.15) is 0 Å². The van der Waals surface area contributed by atoms with Gasteiger partial charge in [-0.1, -0.05) is 53.1 Å². The lowest BCUT2D eigenvalue weighted by atomic mass is 10.5. The van der Waals surface area contributed by atoms with E-state index in [0.717, 1.165) is 25.7 Å². The minimum absolute atomic E-state index is 0.487. The van der Waals surface area contributed by atoms with E-state index >= 15 is 0 Å². The Balaban J connectivity index is 5.86. The molecule has 128 valence electrons. The van der Waals surface area contributed by atoms with Crippen LogP contribution in [-0.4, -0.2) is 48.1 Å². The molecule has 0 bridgehead atoms. The van der Waals surface area contributed by atoms with Gasteiger partial charge in [-0.25, -0.2) is 0 Å². The van der Waals surface area contributed by atoms with Crippen LogP contribution in [0.5, 0.6) is 0 Å². The first-order valence-corrected chi connectivity index (χ1v) is 17.6. The first-order chi connectivity index (χ1) is 9.50. The Bertz CT molecular complexity index is 280. The monoisotopic (exact) mass is 349 g/mol. The SMILES string of the molecule is CCO[Si](CC)(OCC)C(CC)N([Si](C)(C)C)[Si](C)(C)C. The average molecular weight is 350 g/mol. The van der Waals surface area contributed by atoms with Gasteiger partial charge in [0.2, 0.25) is 0 Å². The molecule has 0 saturated heterocycles. The average Bonchev–Trinajstić information content (AvgIpc) is 2.32. The van der Waals surface area contributed by atoms with E-state index in [4.69, 9.17) is 8.85 Å². The van der Waals surface area contributed by atoms with E-state index < -0.39 is 25.0 Å². The van der Waals surface area contributed by atoms with E-state index in [1.807, 2.05) is 0 Å². The highest BCUT2D eigenvalue weighted by atomic mass is 28.4. The van der Waals surface area contributed by atoms with Crippen LogP contribution in [0.15, 0.2) is 0 Å². The van der Waals surface area contributed by atoms with Crippen LogP contribution in [0.2, 0.25) is 45.3 Å². The van der Waals surface area contributed by atoms with Crippen LogP contribution in [0.3, 0.4) is 0 Å². The first kappa shape index (κ1) is 21.5. The molecule has 0 aromatic rings. The van der Waals surface area contributed by atoms with Crippen LogP contribution in [-0.2, 0) is 8.85 Å². The second-order valence-electron chi connectivity index (χ2n) is 7.67. The number of hydrogen-bond acceptors (Lipinski definition) is 3. The maximum absolute atomic E-state index is 6.36. The second kappa shape index (κ2) is 8.40. The molecule has 0 rings (SSSR count). The molecule has 21 heavy (non-hydrogen) atoms. The molecule has 0 heterocycles. The fourth-order valence-corrected chi connectivity index (χ4v) is 20.9. The molecule has 0 N–H and O–H groups in total. The summed E-state index contributed by atoms with van der Waals surface area (Å²) in [7, 11) is -5.03. The van der Waals surface area contributed by atoms with Crippen molar-refractivity contribution in [3.63, 3.8) is 0 Å². The number of nitrogens with zero attached hydrogens (tertiary/aromatic N) is 1. The van der Waals surface area contributed by atoms with Crippen molar-refractivity contribution in [3.8, 4) is 0 Å². The van der Waals surface area contributed by atoms with Crippen molar-refractivity contribution in [3.05, 3.63) is 0 Å². The summed E-state index contributed by atoms with van der Waals surface area (Å²) in [6.07, 6.45) is 1.13. The lowest BCUT2D eigenvalue weighted by Gasteiger charge is -2.53. The van der Waals surface area contributed by atoms with Gasteiger partial charge in [-0.15, -0.1) is 0 Å². The third-order valence-corrected chi connectivity index (χ3v) is 16.2. The predicted molar refractivity (Wildman–Crippen MR) is 102 cm³/mol. The maximum atomic E-state index is 6.36. The molecule has 0 amide bonds. The van der Waals surface area contributed by atoms with Gasteiger partial charge in [0.25, 0.3) is 0 Å². The van der Waals surface area contributed by atoms with Gasteiger partial charge in [0.1, 0.15) is 16.5 Å². The molecular weight excluding hydrogens is 310 g/mol. The van der Waals surface area contributed by atoms with Crippen molar-refractivity contribution in [2.24, 2.45) is 0 Å². The summed E-state index contributed by atoms with van der Waals surface area (Å²) >= 11 is 0. The van der Waals surface area contributed by atoms with E-state index in [0.29, 0.717) is 5.67 Å². The fraction of sp³-hybridized carbons (Fsp3) is 1.00. The van der Waals surface area contributed by atoms with Crippen molar-refractivity contribution >= 4 is 25.0 Å². The Morgan fingerprint density at radius 3 is 1.33 bits per heavy atom. The Morgan fingerprint density at radius 1 is 0.762 bits per heavy atom. The molecule has 0 saturated carbocycles. The third kappa shape index (κ3) is 5.58. The summed E-state index contributed by atoms with van der Waals surface area (Å²) in [4.78, 5) is 0. The van der Waals surface area contributed by atoms with Gasteiger partial charge in [0.05, 0.1) is 0 Å². The molecule has 0 aromatic carbocycles. The maximum Gasteiger partial charge on any atom is 0.354 e. The first-order valence-electron chi connectivity index (χ1n) is 8.57. The summed E-state index contributed by atoms with van der Waals surface area (Å²) < 4.78 is 15.6. The van der Waals surface area contributed by atoms with Crippen LogP contribution in [0, 0.1) is 0 Å². The van der Waals surface area contributed by atoms with Gasteiger partial charge in [-0.3, -0.25) is 0 Å². The highest BCUT2D eigenvalue weighted by Crippen LogP contribution is 2.32. The number of hydrogen-bond donors (Lipinski definition) is 0. The third-order valence-electron chi connectivity index (χ3n) is 3.92. The van der Waals surface area contributed by atoms with Crippen LogP contribution in [0.4, 0.5) is 0 Å². The number of rotatable bonds is 10. The molecule has 0 radical (unpaired) electrons. The van der Waals surface area contributed by atoms with Crippen molar-refractivity contribution in [2.45, 2.75) is 85.1 Å². The molecule has 0 aliphatic heterocycles. The molecule has 6 heteroatoms. The normalized spacial score (nSPS) is 15.6. The topological polar surface area (TPSA) is 21.7 Å². The summed E-state index contributed by atoms with van der Waals surface area (Å²) in [6, 6.07) is 1.04. The summed E-state index contributed by atoms with van der Waals surface area (Å²) in [5.74, 6) is 0. The van der Waals surface area contributed by atoms with Crippen LogP contribution in [0.1, 0.15) is 34.1 Å². The van der Waals surface area contributed by atoms with Gasteiger partial charge in [0.15, 0.2) is 0 Å². The molecule has 0 spiro atoms. The summed E-state index contributed by atoms with van der Waals surface area (Å²) in [5.41, 5.74) is 0.487. The van der Waals surface area contributed by atoms with Gasteiger partial charge < -0.3 is 13.1 Å². The fourth-order valence-electron chi connectivity index (χ4n) is 3.79. The van der Waals surface area contributed by atoms with E-state index in [2.05, 4.69) is 71.2 Å². The zero-order valence-corrected chi connectivity index (χ0v) is 19.2. The van der Waals surface area contributed by atoms with Crippen molar-refractivity contribution in [2.75, 3.05) is 13.2 Å². The minimum atomic E-state index is -2.19. The Kier molecular flexibility index (Phi) is 8.61. The van der Waals surface area contributed by atoms with Crippen molar-refractivity contribution in [1.82, 2.24) is 4.23 Å². The zero-order chi connectivity index (χ0) is 16.9. The van der Waals surface area contributed by atoms with E-state index in [9.17, 15) is 0 Å². The van der Waals surface area contributed by atoms with Crippen LogP contribution in [0.25, 0.3) is 0 Å². The van der Waals surface area contributed by atoms with Crippen molar-refractivity contribution < 1.29 is 8.85 Å². The standard InChI is InChI=1S/C15H39NO2Si3/c1-11-15(16(19(5,6)7)20(8,9)10)21(14-4,17-12-2)18-13-3/h15H,11-14H2,1-10H3. The van der Waals surface area contributed by atoms with E-state index in [1.54, 1.807) is 0 Å². The Labute approximate surface area is 136 Å². The summed E-state index contributed by atoms with van der Waals surface area (Å²) in [6.45, 7) is 25.2. The lowest BCUT2D eigenvalue weighted by Crippen LogP contribution is -2.71. The molecule has 1 unspecified atom stereocenters. The largest absolute Gasteiger partial charge is 0.394 e. The quantitative estimate of drug-likeness (QED) is 0.528. The van der Waals surface area contributed by atoms with Crippen LogP contribution < -0.4 is 0 Å². The molecule has 0 aliphatic carbocycles. The smallest absolute Gasteiger partial charge is 0.354 e. The second-order valence-corrected chi connectivity index (χ2v) is 21.3. The minimum Gasteiger partial charge on any atom is -0.394 e. The molecule has 0 aliphatic rings. The molecule has 0 fully saturated rings. The zero-order valence-electron chi connectivity index (χ0n) is 16.2.